The van der Waals surface area contributed by atoms with Crippen LogP contribution in [0.5, 0.6) is 11.5 Å². The van der Waals surface area contributed by atoms with Crippen molar-refractivity contribution in [1.82, 2.24) is 0 Å². The molecule has 31 heavy (non-hydrogen) atoms. The van der Waals surface area contributed by atoms with Crippen LogP contribution < -0.4 is 10.5 Å². The van der Waals surface area contributed by atoms with E-state index in [0.717, 1.165) is 27.8 Å². The third kappa shape index (κ3) is 6.62. The predicted molar refractivity (Wildman–Crippen MR) is 111 cm³/mol. The summed E-state index contributed by atoms with van der Waals surface area (Å²) in [6, 6.07) is 8.99. The second-order valence-corrected chi connectivity index (χ2v) is 7.80. The van der Waals surface area contributed by atoms with Gasteiger partial charge in [-0.2, -0.15) is 13.2 Å². The predicted octanol–water partition coefficient (Wildman–Crippen LogP) is 4.53. The minimum absolute atomic E-state index is 0.189. The Kier molecular flexibility index (Phi) is 7.95. The Morgan fingerprint density at radius 2 is 1.74 bits per heavy atom. The highest BCUT2D eigenvalue weighted by molar-refractivity contribution is 5.71. The zero-order valence-corrected chi connectivity index (χ0v) is 18.0. The summed E-state index contributed by atoms with van der Waals surface area (Å²) in [5, 5.41) is 10.0. The van der Waals surface area contributed by atoms with E-state index in [1.54, 1.807) is 18.2 Å². The van der Waals surface area contributed by atoms with E-state index in [1.807, 2.05) is 39.8 Å². The van der Waals surface area contributed by atoms with Crippen LogP contribution in [0.15, 0.2) is 30.3 Å². The van der Waals surface area contributed by atoms with E-state index in [-0.39, 0.29) is 11.7 Å². The quantitative estimate of drug-likeness (QED) is 0.591. The summed E-state index contributed by atoms with van der Waals surface area (Å²) in [5.74, 6) is -0.322. The second kappa shape index (κ2) is 10.0. The molecule has 5 nitrogen and oxygen atoms in total. The maximum Gasteiger partial charge on any atom is 0.426 e. The van der Waals surface area contributed by atoms with Gasteiger partial charge in [-0.05, 0) is 72.2 Å². The first-order chi connectivity index (χ1) is 14.4. The lowest BCUT2D eigenvalue weighted by Gasteiger charge is -2.19. The molecule has 0 heterocycles. The van der Waals surface area contributed by atoms with E-state index in [9.17, 15) is 23.1 Å². The zero-order valence-electron chi connectivity index (χ0n) is 18.0. The number of esters is 1. The molecule has 0 spiro atoms. The topological polar surface area (TPSA) is 81.8 Å². The molecule has 1 unspecified atom stereocenters. The monoisotopic (exact) mass is 439 g/mol. The van der Waals surface area contributed by atoms with Gasteiger partial charge in [0.05, 0.1) is 0 Å². The molecule has 0 aliphatic carbocycles. The summed E-state index contributed by atoms with van der Waals surface area (Å²) in [6.07, 6.45) is -6.43. The molecule has 1 atom stereocenters. The third-order valence-electron chi connectivity index (χ3n) is 4.97. The van der Waals surface area contributed by atoms with Crippen molar-refractivity contribution in [3.63, 3.8) is 0 Å². The fourth-order valence-corrected chi connectivity index (χ4v) is 3.28. The second-order valence-electron chi connectivity index (χ2n) is 7.80. The number of hydrogen-bond donors (Lipinski definition) is 2. The number of benzene rings is 2. The van der Waals surface area contributed by atoms with Crippen molar-refractivity contribution in [2.45, 2.75) is 52.3 Å². The van der Waals surface area contributed by atoms with Crippen LogP contribution in [-0.2, 0) is 16.0 Å². The standard InChI is InChI=1S/C23H28F3NO4/c1-13(2)18-9-16(5-6-20(18)28)10-19-14(3)7-17(8-15(19)4)30-12-22(29)31-21(11-27)23(24,25)26/h5-9,13,21,28H,10-12,27H2,1-4H3. The Bertz CT molecular complexity index is 903. The Labute approximate surface area is 180 Å². The Morgan fingerprint density at radius 1 is 1.13 bits per heavy atom. The van der Waals surface area contributed by atoms with Gasteiger partial charge in [-0.15, -0.1) is 0 Å². The van der Waals surface area contributed by atoms with Crippen LogP contribution in [0.25, 0.3) is 0 Å². The molecule has 3 N–H and O–H groups in total. The van der Waals surface area contributed by atoms with E-state index in [0.29, 0.717) is 12.2 Å². The van der Waals surface area contributed by atoms with Crippen LogP contribution in [0.3, 0.4) is 0 Å². The average molecular weight is 439 g/mol. The molecule has 2 aromatic rings. The van der Waals surface area contributed by atoms with Gasteiger partial charge >= 0.3 is 12.1 Å². The molecule has 8 heteroatoms. The van der Waals surface area contributed by atoms with Gasteiger partial charge in [-0.3, -0.25) is 0 Å². The van der Waals surface area contributed by atoms with Crippen molar-refractivity contribution in [3.8, 4) is 11.5 Å². The first-order valence-corrected chi connectivity index (χ1v) is 9.93. The number of alkyl halides is 3. The number of ether oxygens (including phenoxy) is 2. The molecule has 0 fully saturated rings. The SMILES string of the molecule is Cc1cc(OCC(=O)OC(CN)C(F)(F)F)cc(C)c1Cc1ccc(O)c(C(C)C)c1. The normalized spacial score (nSPS) is 12.7. The lowest BCUT2D eigenvalue weighted by molar-refractivity contribution is -0.219. The van der Waals surface area contributed by atoms with E-state index in [4.69, 9.17) is 10.5 Å². The minimum Gasteiger partial charge on any atom is -0.508 e. The lowest BCUT2D eigenvalue weighted by atomic mass is 9.93. The zero-order chi connectivity index (χ0) is 23.3. The summed E-state index contributed by atoms with van der Waals surface area (Å²) < 4.78 is 47.7. The van der Waals surface area contributed by atoms with E-state index < -0.39 is 31.4 Å². The molecule has 0 saturated carbocycles. The number of carbonyl (C=O) groups is 1. The average Bonchev–Trinajstić information content (AvgIpc) is 2.67. The molecule has 0 bridgehead atoms. The molecule has 2 aromatic carbocycles. The summed E-state index contributed by atoms with van der Waals surface area (Å²) in [5.41, 5.74) is 9.83. The molecule has 0 aliphatic rings. The van der Waals surface area contributed by atoms with E-state index in [1.165, 1.54) is 0 Å². The van der Waals surface area contributed by atoms with Crippen molar-refractivity contribution in [3.05, 3.63) is 58.1 Å². The van der Waals surface area contributed by atoms with Crippen LogP contribution in [0.4, 0.5) is 13.2 Å². The number of phenolic OH excluding ortho intramolecular Hbond substituents is 1. The van der Waals surface area contributed by atoms with Crippen molar-refractivity contribution in [2.75, 3.05) is 13.2 Å². The third-order valence-corrected chi connectivity index (χ3v) is 4.97. The van der Waals surface area contributed by atoms with Gasteiger partial charge in [-0.25, -0.2) is 4.79 Å². The lowest BCUT2D eigenvalue weighted by Crippen LogP contribution is -2.40. The van der Waals surface area contributed by atoms with Crippen LogP contribution in [0.1, 0.15) is 47.6 Å². The van der Waals surface area contributed by atoms with Crippen molar-refractivity contribution in [2.24, 2.45) is 5.73 Å². The molecule has 170 valence electrons. The number of carbonyl (C=O) groups excluding carboxylic acids is 1. The molecule has 2 rings (SSSR count). The molecule has 0 aromatic heterocycles. The first-order valence-electron chi connectivity index (χ1n) is 9.93. The highest BCUT2D eigenvalue weighted by Gasteiger charge is 2.41. The summed E-state index contributed by atoms with van der Waals surface area (Å²) in [6.45, 7) is 6.31. The minimum atomic E-state index is -4.72. The van der Waals surface area contributed by atoms with Gasteiger partial charge in [0.15, 0.2) is 6.61 Å². The number of rotatable bonds is 8. The van der Waals surface area contributed by atoms with E-state index >= 15 is 0 Å². The first kappa shape index (κ1) is 24.5. The maximum atomic E-state index is 12.7. The number of aryl methyl sites for hydroxylation is 2. The largest absolute Gasteiger partial charge is 0.508 e. The fourth-order valence-electron chi connectivity index (χ4n) is 3.28. The highest BCUT2D eigenvalue weighted by atomic mass is 19.4. The van der Waals surface area contributed by atoms with Crippen LogP contribution in [-0.4, -0.2) is 36.5 Å². The van der Waals surface area contributed by atoms with Crippen molar-refractivity contribution >= 4 is 5.97 Å². The van der Waals surface area contributed by atoms with Crippen molar-refractivity contribution in [1.29, 1.82) is 0 Å². The smallest absolute Gasteiger partial charge is 0.426 e. The summed E-state index contributed by atoms with van der Waals surface area (Å²) in [7, 11) is 0. The molecule has 0 aliphatic heterocycles. The maximum absolute atomic E-state index is 12.7. The number of phenols is 1. The number of hydrogen-bond acceptors (Lipinski definition) is 5. The van der Waals surface area contributed by atoms with Gasteiger partial charge in [-0.1, -0.05) is 26.0 Å². The van der Waals surface area contributed by atoms with E-state index in [2.05, 4.69) is 4.74 Å². The highest BCUT2D eigenvalue weighted by Crippen LogP contribution is 2.29. The Hall–Kier alpha value is -2.74. The van der Waals surface area contributed by atoms with Crippen LogP contribution in [0, 0.1) is 13.8 Å². The van der Waals surface area contributed by atoms with Gasteiger partial charge in [0.2, 0.25) is 6.10 Å². The van der Waals surface area contributed by atoms with Gasteiger partial charge in [0.25, 0.3) is 0 Å². The van der Waals surface area contributed by atoms with Crippen LogP contribution in [0.2, 0.25) is 0 Å². The summed E-state index contributed by atoms with van der Waals surface area (Å²) in [4.78, 5) is 11.7. The molecule has 0 saturated heterocycles. The molecule has 0 radical (unpaired) electrons. The van der Waals surface area contributed by atoms with Gasteiger partial charge < -0.3 is 20.3 Å². The number of nitrogens with two attached hydrogens (primary N) is 1. The molecular weight excluding hydrogens is 411 g/mol. The fraction of sp³-hybridized carbons (Fsp3) is 0.435. The Balaban J connectivity index is 2.09. The van der Waals surface area contributed by atoms with Gasteiger partial charge in [0.1, 0.15) is 11.5 Å². The van der Waals surface area contributed by atoms with Gasteiger partial charge in [0, 0.05) is 6.54 Å². The Morgan fingerprint density at radius 3 is 2.26 bits per heavy atom. The molecule has 0 amide bonds. The number of aromatic hydroxyl groups is 1. The van der Waals surface area contributed by atoms with Crippen molar-refractivity contribution < 1.29 is 32.5 Å². The molecular formula is C23H28F3NO4. The van der Waals surface area contributed by atoms with Crippen LogP contribution >= 0.6 is 0 Å². The number of halogens is 3. The summed E-state index contributed by atoms with van der Waals surface area (Å²) >= 11 is 0.